The minimum Gasteiger partial charge on any atom is -0.498 e. The molecular formula is C28H51NO3. The van der Waals surface area contributed by atoms with Crippen LogP contribution in [0.3, 0.4) is 0 Å². The summed E-state index contributed by atoms with van der Waals surface area (Å²) in [5.41, 5.74) is 2.06. The number of aliphatic hydroxyl groups is 1. The number of aryl methyl sites for hydroxylation is 1. The zero-order valence-corrected chi connectivity index (χ0v) is 22.6. The lowest BCUT2D eigenvalue weighted by atomic mass is 9.73. The lowest BCUT2D eigenvalue weighted by Gasteiger charge is -2.35. The molecule has 0 amide bonds. The molecular weight excluding hydrogens is 398 g/mol. The van der Waals surface area contributed by atoms with E-state index in [0.717, 1.165) is 36.3 Å². The third-order valence-electron chi connectivity index (χ3n) is 5.49. The van der Waals surface area contributed by atoms with Crippen LogP contribution >= 0.6 is 0 Å². The Balaban J connectivity index is 0. The Labute approximate surface area is 199 Å². The van der Waals surface area contributed by atoms with Crippen LogP contribution < -0.4 is 10.1 Å². The highest BCUT2D eigenvalue weighted by Crippen LogP contribution is 2.41. The van der Waals surface area contributed by atoms with Crippen molar-refractivity contribution in [1.29, 1.82) is 0 Å². The van der Waals surface area contributed by atoms with Gasteiger partial charge in [0.15, 0.2) is 0 Å². The molecule has 4 heteroatoms. The van der Waals surface area contributed by atoms with Crippen molar-refractivity contribution < 1.29 is 14.6 Å². The number of hydrogen-bond donors (Lipinski definition) is 2. The van der Waals surface area contributed by atoms with Gasteiger partial charge in [-0.1, -0.05) is 53.7 Å². The molecule has 0 radical (unpaired) electrons. The number of nitrogens with one attached hydrogen (secondary N) is 1. The molecule has 0 spiro atoms. The van der Waals surface area contributed by atoms with E-state index in [4.69, 9.17) is 9.47 Å². The first kappa shape index (κ1) is 32.4. The number of hydrogen-bond acceptors (Lipinski definition) is 4. The van der Waals surface area contributed by atoms with Gasteiger partial charge in [0, 0.05) is 0 Å². The monoisotopic (exact) mass is 449 g/mol. The van der Waals surface area contributed by atoms with Gasteiger partial charge < -0.3 is 19.9 Å². The normalized spacial score (nSPS) is 12.7. The summed E-state index contributed by atoms with van der Waals surface area (Å²) in [6.45, 7) is 23.8. The minimum atomic E-state index is -0.501. The van der Waals surface area contributed by atoms with Crippen LogP contribution in [0.5, 0.6) is 5.75 Å². The van der Waals surface area contributed by atoms with Crippen molar-refractivity contribution in [2.24, 2.45) is 5.41 Å². The Morgan fingerprint density at radius 1 is 1.09 bits per heavy atom. The zero-order chi connectivity index (χ0) is 25.4. The summed E-state index contributed by atoms with van der Waals surface area (Å²) in [5.74, 6) is 1.91. The second-order valence-electron chi connectivity index (χ2n) is 8.87. The van der Waals surface area contributed by atoms with Crippen molar-refractivity contribution in [3.8, 4) is 5.75 Å². The van der Waals surface area contributed by atoms with Gasteiger partial charge in [-0.05, 0) is 75.9 Å². The molecule has 0 fully saturated rings. The van der Waals surface area contributed by atoms with Crippen molar-refractivity contribution in [3.63, 3.8) is 0 Å². The summed E-state index contributed by atoms with van der Waals surface area (Å²) in [4.78, 5) is 0. The number of rotatable bonds is 10. The highest BCUT2D eigenvalue weighted by molar-refractivity contribution is 5.43. The fourth-order valence-corrected chi connectivity index (χ4v) is 3.41. The summed E-state index contributed by atoms with van der Waals surface area (Å²) >= 11 is 0. The van der Waals surface area contributed by atoms with Gasteiger partial charge in [0.05, 0.1) is 18.1 Å². The van der Waals surface area contributed by atoms with E-state index < -0.39 is 6.10 Å². The first-order valence-corrected chi connectivity index (χ1v) is 11.9. The third kappa shape index (κ3) is 9.79. The molecule has 0 bridgehead atoms. The lowest BCUT2D eigenvalue weighted by Crippen LogP contribution is -2.32. The van der Waals surface area contributed by atoms with Crippen LogP contribution in [-0.4, -0.2) is 38.5 Å². The van der Waals surface area contributed by atoms with Crippen LogP contribution in [0.15, 0.2) is 43.2 Å². The van der Waals surface area contributed by atoms with E-state index >= 15 is 0 Å². The standard InChI is InChI=1S/C24H40O3.C2H7N.C2H4/c1-9-13-22(26-12-4)24(10-2,11-3)19-14-15-20(18(5)16-19)27-17-21(25)23(6,7)8;1-3-2;1-2/h13-16,21,25H,9-12,17H2,1-8H3;3H,1-2H3;1-2H2/b22-13-;;. The summed E-state index contributed by atoms with van der Waals surface area (Å²) in [6, 6.07) is 6.41. The second kappa shape index (κ2) is 16.8. The van der Waals surface area contributed by atoms with Crippen LogP contribution in [0.4, 0.5) is 0 Å². The molecule has 1 aromatic rings. The first-order valence-electron chi connectivity index (χ1n) is 11.9. The van der Waals surface area contributed by atoms with Gasteiger partial charge in [0.1, 0.15) is 18.1 Å². The Hall–Kier alpha value is -1.78. The molecule has 2 N–H and O–H groups in total. The van der Waals surface area contributed by atoms with Crippen molar-refractivity contribution in [1.82, 2.24) is 5.32 Å². The first-order chi connectivity index (χ1) is 15.1. The quantitative estimate of drug-likeness (QED) is 0.304. The summed E-state index contributed by atoms with van der Waals surface area (Å²) in [5, 5.41) is 13.0. The average molecular weight is 450 g/mol. The minimum absolute atomic E-state index is 0.111. The van der Waals surface area contributed by atoms with Gasteiger partial charge in [-0.25, -0.2) is 0 Å². The van der Waals surface area contributed by atoms with Crippen LogP contribution in [0.1, 0.15) is 78.9 Å². The van der Waals surface area contributed by atoms with Crippen LogP contribution in [0.25, 0.3) is 0 Å². The number of ether oxygens (including phenoxy) is 2. The largest absolute Gasteiger partial charge is 0.498 e. The Kier molecular flexibility index (Phi) is 17.0. The molecule has 0 aliphatic rings. The predicted octanol–water partition coefficient (Wildman–Crippen LogP) is 6.81. The van der Waals surface area contributed by atoms with E-state index in [-0.39, 0.29) is 10.8 Å². The fourth-order valence-electron chi connectivity index (χ4n) is 3.41. The van der Waals surface area contributed by atoms with E-state index in [1.807, 2.05) is 47.9 Å². The van der Waals surface area contributed by atoms with Crippen LogP contribution in [-0.2, 0) is 10.2 Å². The molecule has 4 nitrogen and oxygen atoms in total. The topological polar surface area (TPSA) is 50.7 Å². The molecule has 32 heavy (non-hydrogen) atoms. The van der Waals surface area contributed by atoms with Crippen molar-refractivity contribution in [3.05, 3.63) is 54.3 Å². The van der Waals surface area contributed by atoms with E-state index in [9.17, 15) is 5.11 Å². The SMILES string of the molecule is C=C.CC/C=C(\OCC)C(CC)(CC)c1ccc(OCC(O)C(C)(C)C)c(C)c1.CNC. The summed E-state index contributed by atoms with van der Waals surface area (Å²) in [6.07, 6.45) is 4.65. The highest BCUT2D eigenvalue weighted by atomic mass is 16.5. The molecule has 0 heterocycles. The molecule has 0 saturated heterocycles. The maximum atomic E-state index is 10.2. The molecule has 186 valence electrons. The highest BCUT2D eigenvalue weighted by Gasteiger charge is 2.34. The molecule has 0 saturated carbocycles. The van der Waals surface area contributed by atoms with E-state index in [0.29, 0.717) is 13.2 Å². The van der Waals surface area contributed by atoms with E-state index in [2.05, 4.69) is 64.4 Å². The Bertz CT molecular complexity index is 643. The number of aliphatic hydroxyl groups excluding tert-OH is 1. The number of benzene rings is 1. The fraction of sp³-hybridized carbons (Fsp3) is 0.643. The summed E-state index contributed by atoms with van der Waals surface area (Å²) in [7, 11) is 3.75. The Morgan fingerprint density at radius 2 is 1.62 bits per heavy atom. The van der Waals surface area contributed by atoms with Gasteiger partial charge in [-0.3, -0.25) is 0 Å². The van der Waals surface area contributed by atoms with Crippen LogP contribution in [0.2, 0.25) is 0 Å². The van der Waals surface area contributed by atoms with E-state index in [1.165, 1.54) is 5.56 Å². The summed E-state index contributed by atoms with van der Waals surface area (Å²) < 4.78 is 12.0. The third-order valence-corrected chi connectivity index (χ3v) is 5.49. The smallest absolute Gasteiger partial charge is 0.122 e. The van der Waals surface area contributed by atoms with Gasteiger partial charge in [-0.2, -0.15) is 0 Å². The molecule has 0 aliphatic heterocycles. The molecule has 0 aliphatic carbocycles. The zero-order valence-electron chi connectivity index (χ0n) is 22.6. The van der Waals surface area contributed by atoms with E-state index in [1.54, 1.807) is 0 Å². The van der Waals surface area contributed by atoms with Gasteiger partial charge in [0.25, 0.3) is 0 Å². The van der Waals surface area contributed by atoms with Gasteiger partial charge in [-0.15, -0.1) is 13.2 Å². The second-order valence-corrected chi connectivity index (χ2v) is 8.87. The maximum absolute atomic E-state index is 10.2. The van der Waals surface area contributed by atoms with Gasteiger partial charge >= 0.3 is 0 Å². The maximum Gasteiger partial charge on any atom is 0.122 e. The Morgan fingerprint density at radius 3 is 2.00 bits per heavy atom. The predicted molar refractivity (Wildman–Crippen MR) is 141 cm³/mol. The van der Waals surface area contributed by atoms with Crippen molar-refractivity contribution in [2.45, 2.75) is 86.2 Å². The average Bonchev–Trinajstić information content (AvgIpc) is 2.75. The van der Waals surface area contributed by atoms with Crippen molar-refractivity contribution in [2.75, 3.05) is 27.3 Å². The molecule has 1 aromatic carbocycles. The van der Waals surface area contributed by atoms with Gasteiger partial charge in [0.2, 0.25) is 0 Å². The molecule has 1 rings (SSSR count). The lowest BCUT2D eigenvalue weighted by molar-refractivity contribution is 0.0216. The number of allylic oxidation sites excluding steroid dienone is 2. The van der Waals surface area contributed by atoms with Crippen LogP contribution in [0, 0.1) is 12.3 Å². The molecule has 0 aromatic heterocycles. The molecule has 1 atom stereocenters. The van der Waals surface area contributed by atoms with Crippen molar-refractivity contribution >= 4 is 0 Å². The molecule has 1 unspecified atom stereocenters.